The number of nitrogens with one attached hydrogen (secondary N) is 3. The van der Waals surface area contributed by atoms with Crippen LogP contribution in [0.25, 0.3) is 0 Å². The van der Waals surface area contributed by atoms with Crippen molar-refractivity contribution in [3.8, 4) is 0 Å². The Morgan fingerprint density at radius 1 is 1.16 bits per heavy atom. The molecule has 2 aromatic carbocycles. The van der Waals surface area contributed by atoms with E-state index in [0.717, 1.165) is 54.7 Å². The molecule has 2 aliphatic heterocycles. The third kappa shape index (κ3) is 3.24. The molecule has 3 N–H and O–H groups in total. The van der Waals surface area contributed by atoms with E-state index in [1.54, 1.807) is 0 Å². The minimum Gasteiger partial charge on any atom is -0.385 e. The highest BCUT2D eigenvalue weighted by atomic mass is 19.1. The lowest BCUT2D eigenvalue weighted by atomic mass is 9.94. The third-order valence-corrected chi connectivity index (χ3v) is 5.05. The molecule has 0 bridgehead atoms. The van der Waals surface area contributed by atoms with Gasteiger partial charge in [0.2, 0.25) is 0 Å². The van der Waals surface area contributed by atoms with Gasteiger partial charge in [0.25, 0.3) is 5.91 Å². The van der Waals surface area contributed by atoms with E-state index in [9.17, 15) is 9.18 Å². The maximum Gasteiger partial charge on any atom is 0.251 e. The van der Waals surface area contributed by atoms with E-state index < -0.39 is 0 Å². The molecular formula is C20H22FN3O. The monoisotopic (exact) mass is 339 g/mol. The van der Waals surface area contributed by atoms with Gasteiger partial charge in [0.05, 0.1) is 0 Å². The number of halogens is 1. The summed E-state index contributed by atoms with van der Waals surface area (Å²) in [5, 5.41) is 9.61. The van der Waals surface area contributed by atoms with E-state index >= 15 is 0 Å². The van der Waals surface area contributed by atoms with Crippen molar-refractivity contribution in [3.63, 3.8) is 0 Å². The molecule has 4 rings (SSSR count). The summed E-state index contributed by atoms with van der Waals surface area (Å²) in [6.45, 7) is 2.89. The molecule has 0 spiro atoms. The minimum atomic E-state index is -0.353. The van der Waals surface area contributed by atoms with Gasteiger partial charge in [0.1, 0.15) is 5.82 Å². The fourth-order valence-electron chi connectivity index (χ4n) is 3.81. The molecule has 25 heavy (non-hydrogen) atoms. The Bertz CT molecular complexity index is 819. The van der Waals surface area contributed by atoms with Crippen LogP contribution in [0.15, 0.2) is 30.3 Å². The number of hydrogen-bond donors (Lipinski definition) is 3. The summed E-state index contributed by atoms with van der Waals surface area (Å²) in [5.41, 5.74) is 5.89. The molecular weight excluding hydrogens is 317 g/mol. The minimum absolute atomic E-state index is 0.195. The van der Waals surface area contributed by atoms with Gasteiger partial charge in [-0.2, -0.15) is 0 Å². The highest BCUT2D eigenvalue weighted by molar-refractivity contribution is 5.96. The first-order valence-corrected chi connectivity index (χ1v) is 8.87. The van der Waals surface area contributed by atoms with E-state index in [0.29, 0.717) is 18.7 Å². The molecule has 130 valence electrons. The van der Waals surface area contributed by atoms with Crippen LogP contribution in [0.4, 0.5) is 10.1 Å². The van der Waals surface area contributed by atoms with Crippen molar-refractivity contribution in [3.05, 3.63) is 64.0 Å². The van der Waals surface area contributed by atoms with Crippen molar-refractivity contribution >= 4 is 11.6 Å². The predicted octanol–water partition coefficient (Wildman–Crippen LogP) is 2.76. The van der Waals surface area contributed by atoms with Crippen LogP contribution >= 0.6 is 0 Å². The second kappa shape index (κ2) is 6.84. The quantitative estimate of drug-likeness (QED) is 0.806. The number of amides is 1. The SMILES string of the molecule is O=C(NCc1cccc2c1CCCN2)c1cc(F)cc2c1CCNC2. The number of fused-ring (bicyclic) bond motifs is 2. The second-order valence-electron chi connectivity index (χ2n) is 6.67. The van der Waals surface area contributed by atoms with Crippen molar-refractivity contribution in [2.75, 3.05) is 18.4 Å². The number of anilines is 1. The molecule has 0 aromatic heterocycles. The summed E-state index contributed by atoms with van der Waals surface area (Å²) in [7, 11) is 0. The lowest BCUT2D eigenvalue weighted by Crippen LogP contribution is -2.30. The van der Waals surface area contributed by atoms with Crippen molar-refractivity contribution in [1.82, 2.24) is 10.6 Å². The number of carbonyl (C=O) groups excluding carboxylic acids is 1. The zero-order valence-corrected chi connectivity index (χ0v) is 14.1. The van der Waals surface area contributed by atoms with Crippen LogP contribution in [0.5, 0.6) is 0 Å². The second-order valence-corrected chi connectivity index (χ2v) is 6.67. The summed E-state index contributed by atoms with van der Waals surface area (Å²) >= 11 is 0. The van der Waals surface area contributed by atoms with E-state index in [-0.39, 0.29) is 11.7 Å². The van der Waals surface area contributed by atoms with Gasteiger partial charge in [-0.1, -0.05) is 12.1 Å². The van der Waals surface area contributed by atoms with Gasteiger partial charge in [-0.05, 0) is 66.3 Å². The van der Waals surface area contributed by atoms with Crippen LogP contribution < -0.4 is 16.0 Å². The van der Waals surface area contributed by atoms with Crippen molar-refractivity contribution in [2.24, 2.45) is 0 Å². The average molecular weight is 339 g/mol. The van der Waals surface area contributed by atoms with E-state index in [4.69, 9.17) is 0 Å². The average Bonchev–Trinajstić information content (AvgIpc) is 2.65. The molecule has 0 radical (unpaired) electrons. The van der Waals surface area contributed by atoms with Gasteiger partial charge in [0, 0.05) is 30.9 Å². The Morgan fingerprint density at radius 3 is 3.00 bits per heavy atom. The topological polar surface area (TPSA) is 53.2 Å². The Hall–Kier alpha value is -2.40. The standard InChI is InChI=1S/C20H22FN3O/c21-15-9-14-11-22-8-6-16(14)18(10-15)20(25)24-12-13-3-1-5-19-17(13)4-2-7-23-19/h1,3,5,9-10,22-23H,2,4,6-8,11-12H2,(H,24,25). The van der Waals surface area contributed by atoms with Gasteiger partial charge in [0.15, 0.2) is 0 Å². The van der Waals surface area contributed by atoms with Crippen molar-refractivity contribution < 1.29 is 9.18 Å². The predicted molar refractivity (Wildman–Crippen MR) is 96.2 cm³/mol. The van der Waals surface area contributed by atoms with Gasteiger partial charge in [-0.3, -0.25) is 4.79 Å². The lowest BCUT2D eigenvalue weighted by Gasteiger charge is -2.22. The Kier molecular flexibility index (Phi) is 4.40. The molecule has 5 heteroatoms. The molecule has 0 aliphatic carbocycles. The third-order valence-electron chi connectivity index (χ3n) is 5.05. The van der Waals surface area contributed by atoms with E-state index in [2.05, 4.69) is 28.1 Å². The number of benzene rings is 2. The molecule has 0 unspecified atom stereocenters. The Morgan fingerprint density at radius 2 is 2.08 bits per heavy atom. The fourth-order valence-corrected chi connectivity index (χ4v) is 3.81. The highest BCUT2D eigenvalue weighted by Crippen LogP contribution is 2.25. The first-order chi connectivity index (χ1) is 12.2. The summed E-state index contributed by atoms with van der Waals surface area (Å²) in [6, 6.07) is 9.03. The van der Waals surface area contributed by atoms with Crippen molar-refractivity contribution in [1.29, 1.82) is 0 Å². The number of carbonyl (C=O) groups is 1. The van der Waals surface area contributed by atoms with Crippen LogP contribution in [0, 0.1) is 5.82 Å². The summed E-state index contributed by atoms with van der Waals surface area (Å²) in [4.78, 5) is 12.7. The first-order valence-electron chi connectivity index (χ1n) is 8.87. The van der Waals surface area contributed by atoms with Crippen LogP contribution in [-0.2, 0) is 25.9 Å². The Labute approximate surface area is 146 Å². The maximum atomic E-state index is 13.9. The largest absolute Gasteiger partial charge is 0.385 e. The molecule has 0 fully saturated rings. The molecule has 2 heterocycles. The summed E-state index contributed by atoms with van der Waals surface area (Å²) in [5.74, 6) is -0.548. The maximum absolute atomic E-state index is 13.9. The van der Waals surface area contributed by atoms with E-state index in [1.807, 2.05) is 6.07 Å². The van der Waals surface area contributed by atoms with Crippen molar-refractivity contribution in [2.45, 2.75) is 32.4 Å². The summed E-state index contributed by atoms with van der Waals surface area (Å²) < 4.78 is 13.9. The van der Waals surface area contributed by atoms with Gasteiger partial charge in [-0.15, -0.1) is 0 Å². The number of hydrogen-bond acceptors (Lipinski definition) is 3. The molecule has 1 amide bonds. The lowest BCUT2D eigenvalue weighted by molar-refractivity contribution is 0.0949. The molecule has 4 nitrogen and oxygen atoms in total. The highest BCUT2D eigenvalue weighted by Gasteiger charge is 2.20. The summed E-state index contributed by atoms with van der Waals surface area (Å²) in [6.07, 6.45) is 2.88. The van der Waals surface area contributed by atoms with Crippen LogP contribution in [0.1, 0.15) is 39.0 Å². The zero-order valence-electron chi connectivity index (χ0n) is 14.1. The van der Waals surface area contributed by atoms with Crippen LogP contribution in [0.2, 0.25) is 0 Å². The van der Waals surface area contributed by atoms with Gasteiger partial charge >= 0.3 is 0 Å². The van der Waals surface area contributed by atoms with Gasteiger partial charge in [-0.25, -0.2) is 4.39 Å². The molecule has 2 aliphatic rings. The molecule has 0 saturated heterocycles. The Balaban J connectivity index is 1.55. The van der Waals surface area contributed by atoms with Crippen LogP contribution in [0.3, 0.4) is 0 Å². The fraction of sp³-hybridized carbons (Fsp3) is 0.350. The smallest absolute Gasteiger partial charge is 0.251 e. The normalized spacial score (nSPS) is 15.7. The van der Waals surface area contributed by atoms with Crippen LogP contribution in [-0.4, -0.2) is 19.0 Å². The molecule has 2 aromatic rings. The van der Waals surface area contributed by atoms with Gasteiger partial charge < -0.3 is 16.0 Å². The van der Waals surface area contributed by atoms with E-state index in [1.165, 1.54) is 17.7 Å². The molecule has 0 atom stereocenters. The first kappa shape index (κ1) is 16.1. The number of rotatable bonds is 3. The zero-order chi connectivity index (χ0) is 17.2. The molecule has 0 saturated carbocycles.